The maximum absolute atomic E-state index is 5.20. The molecule has 0 saturated heterocycles. The summed E-state index contributed by atoms with van der Waals surface area (Å²) in [4.78, 5) is 0. The Morgan fingerprint density at radius 3 is 3.31 bits per heavy atom. The molecule has 0 fully saturated rings. The van der Waals surface area contributed by atoms with E-state index in [1.165, 1.54) is 30.5 Å². The van der Waals surface area contributed by atoms with Gasteiger partial charge in [-0.1, -0.05) is 0 Å². The molecule has 13 heavy (non-hydrogen) atoms. The summed E-state index contributed by atoms with van der Waals surface area (Å²) >= 11 is 0. The first kappa shape index (κ1) is 9.23. The van der Waals surface area contributed by atoms with Gasteiger partial charge in [0.05, 0.1) is 0 Å². The summed E-state index contributed by atoms with van der Waals surface area (Å²) in [6.45, 7) is 0.898. The fraction of sp³-hybridized carbons (Fsp3) is 0.600. The third-order valence-corrected chi connectivity index (χ3v) is 3.31. The van der Waals surface area contributed by atoms with Crippen molar-refractivity contribution in [1.29, 1.82) is 0 Å². The first-order valence-corrected chi connectivity index (χ1v) is 5.26. The molecule has 2 nitrogen and oxygen atoms in total. The van der Waals surface area contributed by atoms with E-state index in [2.05, 4.69) is 26.0 Å². The van der Waals surface area contributed by atoms with Crippen molar-refractivity contribution in [3.8, 4) is 0 Å². The van der Waals surface area contributed by atoms with Gasteiger partial charge in [0.15, 0.2) is 0 Å². The lowest BCUT2D eigenvalue weighted by molar-refractivity contribution is 0.144. The van der Waals surface area contributed by atoms with Crippen molar-refractivity contribution in [3.05, 3.63) is 23.5 Å². The number of fused-ring (bicyclic) bond motifs is 1. The van der Waals surface area contributed by atoms with E-state index in [0.29, 0.717) is 5.92 Å². The molecular formula is C10H16NOP. The van der Waals surface area contributed by atoms with Crippen LogP contribution in [-0.4, -0.2) is 18.1 Å². The summed E-state index contributed by atoms with van der Waals surface area (Å²) in [6.07, 6.45) is 5.78. The molecule has 1 aliphatic rings. The molecule has 1 heterocycles. The average Bonchev–Trinajstić information content (AvgIpc) is 2.49. The van der Waals surface area contributed by atoms with Crippen LogP contribution in [0.1, 0.15) is 17.7 Å². The van der Waals surface area contributed by atoms with Crippen molar-refractivity contribution >= 4 is 9.39 Å². The van der Waals surface area contributed by atoms with Gasteiger partial charge < -0.3 is 9.07 Å². The molecule has 0 N–H and O–H groups in total. The summed E-state index contributed by atoms with van der Waals surface area (Å²) < 4.78 is 7.36. The Morgan fingerprint density at radius 2 is 2.54 bits per heavy atom. The van der Waals surface area contributed by atoms with E-state index in [1.54, 1.807) is 7.11 Å². The minimum absolute atomic E-state index is 0.715. The largest absolute Gasteiger partial charge is 0.384 e. The molecule has 1 aromatic heterocycles. The Labute approximate surface area is 81.5 Å². The van der Waals surface area contributed by atoms with Gasteiger partial charge in [0.25, 0.3) is 0 Å². The molecular weight excluding hydrogens is 181 g/mol. The maximum atomic E-state index is 5.20. The fourth-order valence-corrected chi connectivity index (χ4v) is 2.46. The zero-order valence-electron chi connectivity index (χ0n) is 7.99. The molecule has 0 aromatic carbocycles. The van der Waals surface area contributed by atoms with Crippen molar-refractivity contribution in [2.24, 2.45) is 5.92 Å². The van der Waals surface area contributed by atoms with Crippen LogP contribution in [0.4, 0.5) is 0 Å². The standard InChI is InChI=1S/C10H16NOP/c1-12-7-8-2-3-9-4-5-11(13)10(9)6-8/h4-5,8H,2-3,6-7,13H2,1H3. The highest BCUT2D eigenvalue weighted by Crippen LogP contribution is 2.27. The van der Waals surface area contributed by atoms with Crippen LogP contribution in [-0.2, 0) is 17.6 Å². The molecule has 0 bridgehead atoms. The van der Waals surface area contributed by atoms with Gasteiger partial charge in [-0.3, -0.25) is 0 Å². The van der Waals surface area contributed by atoms with Crippen molar-refractivity contribution in [2.45, 2.75) is 19.3 Å². The Bertz CT molecular complexity index is 295. The SMILES string of the molecule is COCC1CCc2ccn(P)c2C1. The minimum atomic E-state index is 0.715. The van der Waals surface area contributed by atoms with Crippen LogP contribution >= 0.6 is 9.39 Å². The van der Waals surface area contributed by atoms with Crippen LogP contribution in [0.15, 0.2) is 12.3 Å². The molecule has 2 atom stereocenters. The smallest absolute Gasteiger partial charge is 0.0494 e. The summed E-state index contributed by atoms with van der Waals surface area (Å²) in [6, 6.07) is 2.23. The van der Waals surface area contributed by atoms with Crippen LogP contribution in [0.3, 0.4) is 0 Å². The minimum Gasteiger partial charge on any atom is -0.384 e. The number of rotatable bonds is 2. The van der Waals surface area contributed by atoms with E-state index in [4.69, 9.17) is 4.74 Å². The van der Waals surface area contributed by atoms with Gasteiger partial charge in [-0.15, -0.1) is 0 Å². The normalized spacial score (nSPS) is 21.5. The first-order valence-electron chi connectivity index (χ1n) is 4.74. The lowest BCUT2D eigenvalue weighted by Crippen LogP contribution is -2.18. The summed E-state index contributed by atoms with van der Waals surface area (Å²) in [7, 11) is 4.53. The van der Waals surface area contributed by atoms with Crippen LogP contribution in [0, 0.1) is 5.92 Å². The first-order chi connectivity index (χ1) is 6.31. The molecule has 0 spiro atoms. The second-order valence-corrected chi connectivity index (χ2v) is 4.32. The number of hydrogen-bond donors (Lipinski definition) is 0. The van der Waals surface area contributed by atoms with Gasteiger partial charge in [0, 0.05) is 25.6 Å². The molecule has 0 aliphatic heterocycles. The number of aryl methyl sites for hydroxylation is 1. The Morgan fingerprint density at radius 1 is 1.69 bits per heavy atom. The van der Waals surface area contributed by atoms with Gasteiger partial charge in [0.2, 0.25) is 0 Å². The molecule has 0 radical (unpaired) electrons. The van der Waals surface area contributed by atoms with E-state index in [1.807, 2.05) is 0 Å². The quantitative estimate of drug-likeness (QED) is 0.660. The van der Waals surface area contributed by atoms with Gasteiger partial charge in [-0.05, 0) is 46.2 Å². The molecule has 2 rings (SSSR count). The fourth-order valence-electron chi connectivity index (χ4n) is 2.10. The second kappa shape index (κ2) is 3.81. The maximum Gasteiger partial charge on any atom is 0.0494 e. The molecule has 0 saturated carbocycles. The van der Waals surface area contributed by atoms with E-state index < -0.39 is 0 Å². The number of hydrogen-bond acceptors (Lipinski definition) is 1. The number of aromatic nitrogens is 1. The van der Waals surface area contributed by atoms with Crippen molar-refractivity contribution in [2.75, 3.05) is 13.7 Å². The number of methoxy groups -OCH3 is 1. The summed E-state index contributed by atoms with van der Waals surface area (Å²) in [5.74, 6) is 0.715. The Balaban J connectivity index is 2.13. The van der Waals surface area contributed by atoms with E-state index in [9.17, 15) is 0 Å². The number of ether oxygens (including phenoxy) is 1. The van der Waals surface area contributed by atoms with Gasteiger partial charge >= 0.3 is 0 Å². The van der Waals surface area contributed by atoms with Crippen molar-refractivity contribution in [3.63, 3.8) is 0 Å². The van der Waals surface area contributed by atoms with Gasteiger partial charge in [-0.25, -0.2) is 0 Å². The Hall–Kier alpha value is -0.330. The Kier molecular flexibility index (Phi) is 2.71. The van der Waals surface area contributed by atoms with Crippen molar-refractivity contribution < 1.29 is 4.74 Å². The van der Waals surface area contributed by atoms with Crippen LogP contribution < -0.4 is 0 Å². The zero-order valence-corrected chi connectivity index (χ0v) is 9.15. The monoisotopic (exact) mass is 197 g/mol. The van der Waals surface area contributed by atoms with Crippen LogP contribution in [0.5, 0.6) is 0 Å². The van der Waals surface area contributed by atoms with Crippen LogP contribution in [0.2, 0.25) is 0 Å². The topological polar surface area (TPSA) is 14.2 Å². The molecule has 3 heteroatoms. The van der Waals surface area contributed by atoms with Crippen molar-refractivity contribution in [1.82, 2.24) is 4.34 Å². The third-order valence-electron chi connectivity index (χ3n) is 2.82. The second-order valence-electron chi connectivity index (χ2n) is 3.76. The van der Waals surface area contributed by atoms with Gasteiger partial charge in [0.1, 0.15) is 0 Å². The third kappa shape index (κ3) is 1.79. The average molecular weight is 197 g/mol. The summed E-state index contributed by atoms with van der Waals surface area (Å²) in [5, 5.41) is 0. The highest BCUT2D eigenvalue weighted by Gasteiger charge is 2.20. The zero-order chi connectivity index (χ0) is 9.26. The molecule has 72 valence electrons. The lowest BCUT2D eigenvalue weighted by atomic mass is 9.89. The van der Waals surface area contributed by atoms with Crippen LogP contribution in [0.25, 0.3) is 0 Å². The molecule has 0 amide bonds. The lowest BCUT2D eigenvalue weighted by Gasteiger charge is -2.22. The molecule has 1 aromatic rings. The molecule has 1 aliphatic carbocycles. The highest BCUT2D eigenvalue weighted by atomic mass is 31.0. The predicted octanol–water partition coefficient (Wildman–Crippen LogP) is 1.88. The molecule has 2 unspecified atom stereocenters. The predicted molar refractivity (Wildman–Crippen MR) is 56.9 cm³/mol. The number of nitrogens with zero attached hydrogens (tertiary/aromatic N) is 1. The van der Waals surface area contributed by atoms with E-state index in [0.717, 1.165) is 6.61 Å². The van der Waals surface area contributed by atoms with E-state index >= 15 is 0 Å². The highest BCUT2D eigenvalue weighted by molar-refractivity contribution is 7.14. The van der Waals surface area contributed by atoms with Gasteiger partial charge in [-0.2, -0.15) is 0 Å². The van der Waals surface area contributed by atoms with E-state index in [-0.39, 0.29) is 0 Å². The summed E-state index contributed by atoms with van der Waals surface area (Å²) in [5.41, 5.74) is 2.99.